The summed E-state index contributed by atoms with van der Waals surface area (Å²) in [5, 5.41) is 2.60. The molecule has 21 heavy (non-hydrogen) atoms. The highest BCUT2D eigenvalue weighted by Crippen LogP contribution is 2.09. The van der Waals surface area contributed by atoms with E-state index in [1.807, 2.05) is 19.1 Å². The average Bonchev–Trinajstić information content (AvgIpc) is 3.09. The first-order valence-electron chi connectivity index (χ1n) is 6.62. The Bertz CT molecular complexity index is 615. The van der Waals surface area contributed by atoms with Crippen molar-refractivity contribution in [2.75, 3.05) is 7.05 Å². The molecule has 2 aromatic heterocycles. The van der Waals surface area contributed by atoms with Crippen molar-refractivity contribution < 1.29 is 18.4 Å². The maximum atomic E-state index is 12.2. The second kappa shape index (κ2) is 6.30. The summed E-state index contributed by atoms with van der Waals surface area (Å²) in [6.45, 7) is 3.83. The van der Waals surface area contributed by atoms with Crippen LogP contribution in [-0.2, 0) is 11.3 Å². The highest BCUT2D eigenvalue weighted by Gasteiger charge is 2.21. The summed E-state index contributed by atoms with van der Waals surface area (Å²) in [5.41, 5.74) is 0. The lowest BCUT2D eigenvalue weighted by molar-refractivity contribution is -0.132. The number of carbonyl (C=O) groups is 2. The highest BCUT2D eigenvalue weighted by atomic mass is 16.3. The normalized spacial score (nSPS) is 12.0. The number of aryl methyl sites for hydroxylation is 1. The topological polar surface area (TPSA) is 75.7 Å². The Morgan fingerprint density at radius 2 is 2.10 bits per heavy atom. The van der Waals surface area contributed by atoms with Crippen LogP contribution in [0.1, 0.15) is 29.0 Å². The lowest BCUT2D eigenvalue weighted by atomic mass is 10.2. The van der Waals surface area contributed by atoms with Crippen LogP contribution < -0.4 is 5.32 Å². The third-order valence-corrected chi connectivity index (χ3v) is 3.03. The molecule has 1 unspecified atom stereocenters. The van der Waals surface area contributed by atoms with Crippen molar-refractivity contribution in [2.45, 2.75) is 26.4 Å². The smallest absolute Gasteiger partial charge is 0.287 e. The summed E-state index contributed by atoms with van der Waals surface area (Å²) in [6.07, 6.45) is 1.41. The molecule has 6 heteroatoms. The van der Waals surface area contributed by atoms with Gasteiger partial charge in [0, 0.05) is 7.05 Å². The minimum atomic E-state index is -0.649. The molecule has 0 spiro atoms. The minimum Gasteiger partial charge on any atom is -0.464 e. The van der Waals surface area contributed by atoms with Gasteiger partial charge in [0.15, 0.2) is 5.76 Å². The Morgan fingerprint density at radius 1 is 1.33 bits per heavy atom. The predicted molar refractivity (Wildman–Crippen MR) is 75.6 cm³/mol. The van der Waals surface area contributed by atoms with Gasteiger partial charge in [0.2, 0.25) is 5.91 Å². The van der Waals surface area contributed by atoms with E-state index in [4.69, 9.17) is 8.83 Å². The number of amides is 2. The van der Waals surface area contributed by atoms with Crippen LogP contribution in [0.3, 0.4) is 0 Å². The van der Waals surface area contributed by atoms with Crippen molar-refractivity contribution in [3.05, 3.63) is 47.8 Å². The lowest BCUT2D eigenvalue weighted by Gasteiger charge is -2.20. The standard InChI is InChI=1S/C15H18N2O4/c1-10-6-7-12(21-10)9-17(3)15(19)11(2)16-14(18)13-5-4-8-20-13/h4-8,11H,9H2,1-3H3,(H,16,18). The van der Waals surface area contributed by atoms with E-state index >= 15 is 0 Å². The predicted octanol–water partition coefficient (Wildman–Crippen LogP) is 1.96. The van der Waals surface area contributed by atoms with Crippen molar-refractivity contribution >= 4 is 11.8 Å². The Hall–Kier alpha value is -2.50. The Labute approximate surface area is 122 Å². The van der Waals surface area contributed by atoms with E-state index in [2.05, 4.69) is 5.32 Å². The van der Waals surface area contributed by atoms with Crippen LogP contribution in [0.15, 0.2) is 39.4 Å². The van der Waals surface area contributed by atoms with E-state index in [9.17, 15) is 9.59 Å². The number of hydrogen-bond acceptors (Lipinski definition) is 4. The number of rotatable bonds is 5. The van der Waals surface area contributed by atoms with Crippen molar-refractivity contribution in [3.63, 3.8) is 0 Å². The zero-order chi connectivity index (χ0) is 15.4. The fraction of sp³-hybridized carbons (Fsp3) is 0.333. The largest absolute Gasteiger partial charge is 0.464 e. The molecule has 0 saturated heterocycles. The van der Waals surface area contributed by atoms with Gasteiger partial charge in [-0.1, -0.05) is 0 Å². The van der Waals surface area contributed by atoms with Gasteiger partial charge < -0.3 is 19.1 Å². The lowest BCUT2D eigenvalue weighted by Crippen LogP contribution is -2.45. The average molecular weight is 290 g/mol. The Kier molecular flexibility index (Phi) is 4.47. The molecule has 6 nitrogen and oxygen atoms in total. The molecule has 0 fully saturated rings. The van der Waals surface area contributed by atoms with E-state index in [1.54, 1.807) is 26.1 Å². The molecule has 1 N–H and O–H groups in total. The number of nitrogens with zero attached hydrogens (tertiary/aromatic N) is 1. The fourth-order valence-electron chi connectivity index (χ4n) is 1.95. The van der Waals surface area contributed by atoms with Gasteiger partial charge >= 0.3 is 0 Å². The molecule has 2 aromatic rings. The first-order chi connectivity index (χ1) is 9.97. The zero-order valence-corrected chi connectivity index (χ0v) is 12.3. The Balaban J connectivity index is 1.90. The van der Waals surface area contributed by atoms with Crippen molar-refractivity contribution in [1.82, 2.24) is 10.2 Å². The molecule has 2 rings (SSSR count). The summed E-state index contributed by atoms with van der Waals surface area (Å²) < 4.78 is 10.4. The van der Waals surface area contributed by atoms with Crippen LogP contribution in [0.5, 0.6) is 0 Å². The van der Waals surface area contributed by atoms with Crippen LogP contribution in [-0.4, -0.2) is 29.8 Å². The number of furan rings is 2. The maximum Gasteiger partial charge on any atom is 0.287 e. The van der Waals surface area contributed by atoms with Crippen molar-refractivity contribution in [2.24, 2.45) is 0 Å². The van der Waals surface area contributed by atoms with Gasteiger partial charge in [0.05, 0.1) is 12.8 Å². The van der Waals surface area contributed by atoms with Gasteiger partial charge in [-0.3, -0.25) is 9.59 Å². The van der Waals surface area contributed by atoms with Crippen molar-refractivity contribution in [1.29, 1.82) is 0 Å². The molecule has 0 aliphatic heterocycles. The first kappa shape index (κ1) is 14.9. The highest BCUT2D eigenvalue weighted by molar-refractivity contribution is 5.95. The number of hydrogen-bond donors (Lipinski definition) is 1. The van der Waals surface area contributed by atoms with Crippen LogP contribution in [0.2, 0.25) is 0 Å². The molecule has 0 aliphatic rings. The van der Waals surface area contributed by atoms with Crippen LogP contribution in [0.25, 0.3) is 0 Å². The number of nitrogens with one attached hydrogen (secondary N) is 1. The second-order valence-corrected chi connectivity index (χ2v) is 4.88. The number of carbonyl (C=O) groups excluding carboxylic acids is 2. The summed E-state index contributed by atoms with van der Waals surface area (Å²) in [4.78, 5) is 25.5. The third-order valence-electron chi connectivity index (χ3n) is 3.03. The third kappa shape index (κ3) is 3.75. The second-order valence-electron chi connectivity index (χ2n) is 4.88. The number of likely N-dealkylation sites (N-methyl/N-ethyl adjacent to an activating group) is 1. The van der Waals surface area contributed by atoms with Gasteiger partial charge in [-0.15, -0.1) is 0 Å². The monoisotopic (exact) mass is 290 g/mol. The SMILES string of the molecule is Cc1ccc(CN(C)C(=O)C(C)NC(=O)c2ccco2)o1. The van der Waals surface area contributed by atoms with E-state index < -0.39 is 11.9 Å². The molecule has 112 valence electrons. The summed E-state index contributed by atoms with van der Waals surface area (Å²) in [6, 6.07) is 6.18. The molecule has 2 amide bonds. The van der Waals surface area contributed by atoms with Gasteiger partial charge in [-0.05, 0) is 38.1 Å². The molecule has 0 aliphatic carbocycles. The molecule has 0 radical (unpaired) electrons. The van der Waals surface area contributed by atoms with E-state index in [0.29, 0.717) is 12.3 Å². The Morgan fingerprint density at radius 3 is 2.67 bits per heavy atom. The molecular weight excluding hydrogens is 272 g/mol. The van der Waals surface area contributed by atoms with Crippen molar-refractivity contribution in [3.8, 4) is 0 Å². The van der Waals surface area contributed by atoms with Gasteiger partial charge in [0.1, 0.15) is 17.6 Å². The summed E-state index contributed by atoms with van der Waals surface area (Å²) in [5.74, 6) is 1.06. The minimum absolute atomic E-state index is 0.180. The zero-order valence-electron chi connectivity index (χ0n) is 12.3. The summed E-state index contributed by atoms with van der Waals surface area (Å²) >= 11 is 0. The van der Waals surface area contributed by atoms with Gasteiger partial charge in [0.25, 0.3) is 5.91 Å². The molecule has 0 saturated carbocycles. The quantitative estimate of drug-likeness (QED) is 0.913. The first-order valence-corrected chi connectivity index (χ1v) is 6.62. The fourth-order valence-corrected chi connectivity index (χ4v) is 1.95. The molecule has 0 aromatic carbocycles. The molecule has 1 atom stereocenters. The van der Waals surface area contributed by atoms with Gasteiger partial charge in [-0.2, -0.15) is 0 Å². The molecule has 0 bridgehead atoms. The van der Waals surface area contributed by atoms with Crippen LogP contribution >= 0.6 is 0 Å². The van der Waals surface area contributed by atoms with E-state index in [-0.39, 0.29) is 11.7 Å². The van der Waals surface area contributed by atoms with E-state index in [1.165, 1.54) is 11.2 Å². The van der Waals surface area contributed by atoms with Gasteiger partial charge in [-0.25, -0.2) is 0 Å². The summed E-state index contributed by atoms with van der Waals surface area (Å²) in [7, 11) is 1.66. The molecule has 2 heterocycles. The van der Waals surface area contributed by atoms with E-state index in [0.717, 1.165) is 5.76 Å². The van der Waals surface area contributed by atoms with Crippen LogP contribution in [0, 0.1) is 6.92 Å². The molecular formula is C15H18N2O4. The van der Waals surface area contributed by atoms with Crippen LogP contribution in [0.4, 0.5) is 0 Å². The maximum absolute atomic E-state index is 12.2.